The summed E-state index contributed by atoms with van der Waals surface area (Å²) in [6.45, 7) is 5.91. The number of aryl methyl sites for hydroxylation is 3. The van der Waals surface area contributed by atoms with Crippen LogP contribution in [0.2, 0.25) is 0 Å². The van der Waals surface area contributed by atoms with E-state index in [2.05, 4.69) is 10.7 Å². The van der Waals surface area contributed by atoms with Gasteiger partial charge in [0.15, 0.2) is 0 Å². The topological polar surface area (TPSA) is 156 Å². The van der Waals surface area contributed by atoms with Gasteiger partial charge < -0.3 is 15.2 Å². The molecule has 1 aromatic carbocycles. The van der Waals surface area contributed by atoms with Crippen molar-refractivity contribution in [3.8, 4) is 0 Å². The van der Waals surface area contributed by atoms with Gasteiger partial charge in [-0.05, 0) is 50.3 Å². The van der Waals surface area contributed by atoms with Gasteiger partial charge in [0, 0.05) is 13.0 Å². The number of fused-ring (bicyclic) bond motifs is 1. The van der Waals surface area contributed by atoms with Crippen LogP contribution in [0.4, 0.5) is 4.79 Å². The van der Waals surface area contributed by atoms with Gasteiger partial charge in [-0.25, -0.2) is 19.8 Å². The Morgan fingerprint density at radius 1 is 1.14 bits per heavy atom. The van der Waals surface area contributed by atoms with Crippen LogP contribution in [0.15, 0.2) is 12.1 Å². The van der Waals surface area contributed by atoms with Crippen LogP contribution in [0.3, 0.4) is 0 Å². The average molecular weight is 502 g/mol. The van der Waals surface area contributed by atoms with Crippen molar-refractivity contribution in [3.05, 3.63) is 34.4 Å². The summed E-state index contributed by atoms with van der Waals surface area (Å²) in [4.78, 5) is 74.2. The van der Waals surface area contributed by atoms with Crippen molar-refractivity contribution < 1.29 is 33.9 Å². The molecule has 2 aliphatic heterocycles. The lowest BCUT2D eigenvalue weighted by Crippen LogP contribution is -2.64. The predicted octanol–water partition coefficient (Wildman–Crippen LogP) is 0.378. The second kappa shape index (κ2) is 11.2. The average Bonchev–Trinajstić information content (AvgIpc) is 2.92. The van der Waals surface area contributed by atoms with E-state index < -0.39 is 42.3 Å². The standard InChI is InChI=1S/C24H31N5O7/c1-14-9-15(2)18(16(3)10-14)12-20(31)26-27-8-6-21(32)28-7-4-5-19(29(28)24(27)36)23(35)25-17(13-30)11-22(33)34/h9-10,13,17,19H,4-8,11-12H2,1-3H3,(H,25,35)(H,26,31)(H,33,34). The second-order valence-electron chi connectivity index (χ2n) is 9.14. The first-order valence-corrected chi connectivity index (χ1v) is 11.8. The highest BCUT2D eigenvalue weighted by Crippen LogP contribution is 2.24. The van der Waals surface area contributed by atoms with Crippen molar-refractivity contribution in [3.63, 3.8) is 0 Å². The number of nitrogens with zero attached hydrogens (tertiary/aromatic N) is 3. The normalized spacial score (nSPS) is 18.8. The van der Waals surface area contributed by atoms with E-state index in [0.29, 0.717) is 12.7 Å². The van der Waals surface area contributed by atoms with Gasteiger partial charge in [-0.3, -0.25) is 24.6 Å². The molecule has 2 aliphatic rings. The molecule has 2 unspecified atom stereocenters. The van der Waals surface area contributed by atoms with E-state index in [1.807, 2.05) is 32.9 Å². The molecular formula is C24H31N5O7. The summed E-state index contributed by atoms with van der Waals surface area (Å²) >= 11 is 0. The molecule has 2 heterocycles. The van der Waals surface area contributed by atoms with E-state index in [9.17, 15) is 28.8 Å². The molecule has 0 spiro atoms. The third kappa shape index (κ3) is 5.99. The molecule has 3 rings (SSSR count). The zero-order valence-electron chi connectivity index (χ0n) is 20.6. The summed E-state index contributed by atoms with van der Waals surface area (Å²) in [5.74, 6) is -2.86. The molecule has 2 atom stereocenters. The Morgan fingerprint density at radius 2 is 1.81 bits per heavy atom. The van der Waals surface area contributed by atoms with E-state index >= 15 is 0 Å². The molecule has 0 aromatic heterocycles. The zero-order valence-corrected chi connectivity index (χ0v) is 20.6. The lowest BCUT2D eigenvalue weighted by molar-refractivity contribution is -0.155. The number of amides is 5. The Hall–Kier alpha value is -3.96. The van der Waals surface area contributed by atoms with Gasteiger partial charge in [-0.1, -0.05) is 17.7 Å². The van der Waals surface area contributed by atoms with Crippen LogP contribution in [-0.2, 0) is 30.4 Å². The maximum Gasteiger partial charge on any atom is 0.358 e. The molecule has 5 amide bonds. The van der Waals surface area contributed by atoms with Gasteiger partial charge in [0.1, 0.15) is 12.3 Å². The smallest absolute Gasteiger partial charge is 0.358 e. The number of carbonyl (C=O) groups is 6. The molecule has 12 heteroatoms. The Morgan fingerprint density at radius 3 is 2.42 bits per heavy atom. The lowest BCUT2D eigenvalue weighted by Gasteiger charge is -2.43. The molecule has 0 saturated carbocycles. The first kappa shape index (κ1) is 26.6. The number of carboxylic acid groups (broad SMARTS) is 1. The summed E-state index contributed by atoms with van der Waals surface area (Å²) in [5.41, 5.74) is 6.39. The number of hydrogen-bond acceptors (Lipinski definition) is 6. The minimum atomic E-state index is -1.28. The zero-order chi connectivity index (χ0) is 26.6. The number of hydrogen-bond donors (Lipinski definition) is 3. The molecule has 0 aliphatic carbocycles. The van der Waals surface area contributed by atoms with Crippen LogP contribution in [0.5, 0.6) is 0 Å². The quantitative estimate of drug-likeness (QED) is 0.435. The van der Waals surface area contributed by atoms with Crippen LogP contribution in [0, 0.1) is 20.8 Å². The van der Waals surface area contributed by atoms with Gasteiger partial charge in [-0.2, -0.15) is 0 Å². The molecule has 2 saturated heterocycles. The lowest BCUT2D eigenvalue weighted by atomic mass is 9.97. The molecule has 0 bridgehead atoms. The Bertz CT molecular complexity index is 1070. The van der Waals surface area contributed by atoms with Crippen molar-refractivity contribution in [2.24, 2.45) is 0 Å². The number of carbonyl (C=O) groups excluding carboxylic acids is 5. The third-order valence-corrected chi connectivity index (χ3v) is 6.29. The number of nitrogens with one attached hydrogen (secondary N) is 2. The Balaban J connectivity index is 1.78. The van der Waals surface area contributed by atoms with Crippen LogP contribution < -0.4 is 10.7 Å². The predicted molar refractivity (Wildman–Crippen MR) is 126 cm³/mol. The highest BCUT2D eigenvalue weighted by atomic mass is 16.4. The fourth-order valence-electron chi connectivity index (χ4n) is 4.66. The van der Waals surface area contributed by atoms with Gasteiger partial charge >= 0.3 is 12.0 Å². The van der Waals surface area contributed by atoms with Crippen molar-refractivity contribution in [2.45, 2.75) is 65.0 Å². The summed E-state index contributed by atoms with van der Waals surface area (Å²) in [5, 5.41) is 14.5. The van der Waals surface area contributed by atoms with Crippen LogP contribution >= 0.6 is 0 Å². The second-order valence-corrected chi connectivity index (χ2v) is 9.14. The van der Waals surface area contributed by atoms with Crippen molar-refractivity contribution in [1.82, 2.24) is 25.8 Å². The summed E-state index contributed by atoms with van der Waals surface area (Å²) in [6.07, 6.45) is 0.289. The SMILES string of the molecule is Cc1cc(C)c(CC(=O)NN2CCC(=O)N3CCCC(C(=O)NC(C=O)CC(=O)O)N3C2=O)c(C)c1. The van der Waals surface area contributed by atoms with E-state index in [1.54, 1.807) is 0 Å². The fraction of sp³-hybridized carbons (Fsp3) is 0.500. The molecule has 12 nitrogen and oxygen atoms in total. The number of aldehydes is 1. The molecule has 36 heavy (non-hydrogen) atoms. The van der Waals surface area contributed by atoms with Gasteiger partial charge in [-0.15, -0.1) is 0 Å². The largest absolute Gasteiger partial charge is 0.481 e. The van der Waals surface area contributed by atoms with Crippen LogP contribution in [-0.4, -0.2) is 81.3 Å². The first-order valence-electron chi connectivity index (χ1n) is 11.8. The van der Waals surface area contributed by atoms with Crippen LogP contribution in [0.25, 0.3) is 0 Å². The van der Waals surface area contributed by atoms with Gasteiger partial charge in [0.2, 0.25) is 17.7 Å². The summed E-state index contributed by atoms with van der Waals surface area (Å²) in [6, 6.07) is 0.756. The Kier molecular flexibility index (Phi) is 8.28. The number of rotatable bonds is 8. The van der Waals surface area contributed by atoms with Gasteiger partial charge in [0.25, 0.3) is 0 Å². The van der Waals surface area contributed by atoms with E-state index in [-0.39, 0.29) is 38.3 Å². The molecule has 194 valence electrons. The minimum absolute atomic E-state index is 0.0273. The number of aliphatic carboxylic acids is 1. The molecular weight excluding hydrogens is 470 g/mol. The minimum Gasteiger partial charge on any atom is -0.481 e. The van der Waals surface area contributed by atoms with Gasteiger partial charge in [0.05, 0.1) is 25.4 Å². The molecule has 0 radical (unpaired) electrons. The molecule has 3 N–H and O–H groups in total. The third-order valence-electron chi connectivity index (χ3n) is 6.29. The number of carboxylic acids is 1. The number of hydrazine groups is 2. The van der Waals surface area contributed by atoms with E-state index in [0.717, 1.165) is 32.3 Å². The Labute approximate surface area is 208 Å². The van der Waals surface area contributed by atoms with Crippen LogP contribution in [0.1, 0.15) is 47.9 Å². The molecule has 1 aromatic rings. The van der Waals surface area contributed by atoms with E-state index in [1.165, 1.54) is 5.01 Å². The summed E-state index contributed by atoms with van der Waals surface area (Å²) < 4.78 is 0. The maximum atomic E-state index is 13.4. The monoisotopic (exact) mass is 501 g/mol. The van der Waals surface area contributed by atoms with Crippen molar-refractivity contribution in [2.75, 3.05) is 13.1 Å². The maximum absolute atomic E-state index is 13.4. The highest BCUT2D eigenvalue weighted by molar-refractivity contribution is 5.93. The van der Waals surface area contributed by atoms with Crippen molar-refractivity contribution >= 4 is 36.0 Å². The van der Waals surface area contributed by atoms with E-state index in [4.69, 9.17) is 5.11 Å². The first-order chi connectivity index (χ1) is 17.0. The van der Waals surface area contributed by atoms with Crippen molar-refractivity contribution in [1.29, 1.82) is 0 Å². The summed E-state index contributed by atoms with van der Waals surface area (Å²) in [7, 11) is 0. The molecule has 2 fully saturated rings. The highest BCUT2D eigenvalue weighted by Gasteiger charge is 2.44. The fourth-order valence-corrected chi connectivity index (χ4v) is 4.66. The number of urea groups is 1. The number of benzene rings is 1.